The van der Waals surface area contributed by atoms with E-state index < -0.39 is 16.1 Å². The van der Waals surface area contributed by atoms with Crippen LogP contribution in [0.25, 0.3) is 0 Å². The quantitative estimate of drug-likeness (QED) is 0.307. The van der Waals surface area contributed by atoms with Crippen molar-refractivity contribution in [2.45, 2.75) is 65.5 Å². The van der Waals surface area contributed by atoms with Gasteiger partial charge in [0.1, 0.15) is 6.04 Å². The van der Waals surface area contributed by atoms with Gasteiger partial charge in [-0.2, -0.15) is 0 Å². The van der Waals surface area contributed by atoms with Crippen molar-refractivity contribution in [3.63, 3.8) is 0 Å². The van der Waals surface area contributed by atoms with Gasteiger partial charge < -0.3 is 10.2 Å². The summed E-state index contributed by atoms with van der Waals surface area (Å²) in [5, 5.41) is 3.68. The lowest BCUT2D eigenvalue weighted by Crippen LogP contribution is -2.48. The van der Waals surface area contributed by atoms with E-state index in [0.717, 1.165) is 31.1 Å². The summed E-state index contributed by atoms with van der Waals surface area (Å²) in [5.74, 6) is -0.553. The van der Waals surface area contributed by atoms with Gasteiger partial charge in [0, 0.05) is 41.7 Å². The number of hydrogen-bond acceptors (Lipinski definition) is 4. The Morgan fingerprint density at radius 3 is 2.16 bits per heavy atom. The number of nitrogens with one attached hydrogen (secondary N) is 1. The molecule has 1 atom stereocenters. The van der Waals surface area contributed by atoms with Crippen molar-refractivity contribution in [3.05, 3.63) is 63.6 Å². The largest absolute Gasteiger partial charge is 0.354 e. The van der Waals surface area contributed by atoms with Gasteiger partial charge in [-0.05, 0) is 56.0 Å². The van der Waals surface area contributed by atoms with Crippen molar-refractivity contribution in [2.75, 3.05) is 23.7 Å². The van der Waals surface area contributed by atoms with E-state index in [1.165, 1.54) is 9.21 Å². The summed E-state index contributed by atoms with van der Waals surface area (Å²) in [6.07, 6.45) is 4.10. The lowest BCUT2D eigenvalue weighted by molar-refractivity contribution is -0.140. The van der Waals surface area contributed by atoms with Crippen LogP contribution in [0.5, 0.6) is 0 Å². The predicted octanol–water partition coefficient (Wildman–Crippen LogP) is 5.44. The molecule has 0 radical (unpaired) electrons. The van der Waals surface area contributed by atoms with Crippen LogP contribution in [0.2, 0.25) is 10.0 Å². The molecule has 0 bridgehead atoms. The molecule has 0 saturated carbocycles. The molecule has 1 N–H and O–H groups in total. The van der Waals surface area contributed by atoms with Crippen molar-refractivity contribution in [3.8, 4) is 0 Å². The smallest absolute Gasteiger partial charge is 0.242 e. The fourth-order valence-corrected chi connectivity index (χ4v) is 5.36. The lowest BCUT2D eigenvalue weighted by Gasteiger charge is -2.30. The summed E-state index contributed by atoms with van der Waals surface area (Å²) in [6.45, 7) is 6.45. The van der Waals surface area contributed by atoms with Crippen molar-refractivity contribution in [1.82, 2.24) is 10.2 Å². The van der Waals surface area contributed by atoms with E-state index in [-0.39, 0.29) is 37.7 Å². The normalized spacial score (nSPS) is 12.2. The molecule has 2 aromatic carbocycles. The first-order valence-electron chi connectivity index (χ1n) is 12.6. The van der Waals surface area contributed by atoms with Crippen molar-refractivity contribution >= 4 is 50.7 Å². The Morgan fingerprint density at radius 2 is 1.62 bits per heavy atom. The van der Waals surface area contributed by atoms with E-state index in [1.54, 1.807) is 37.3 Å². The molecule has 0 aliphatic heterocycles. The van der Waals surface area contributed by atoms with Gasteiger partial charge in [-0.3, -0.25) is 13.9 Å². The van der Waals surface area contributed by atoms with Gasteiger partial charge in [-0.15, -0.1) is 0 Å². The number of unbranched alkanes of at least 4 members (excludes halogenated alkanes) is 1. The second kappa shape index (κ2) is 14.6. The maximum absolute atomic E-state index is 13.4. The van der Waals surface area contributed by atoms with Crippen LogP contribution in [0.15, 0.2) is 42.5 Å². The Kier molecular flexibility index (Phi) is 12.2. The highest BCUT2D eigenvalue weighted by Gasteiger charge is 2.27. The van der Waals surface area contributed by atoms with Gasteiger partial charge in [0.15, 0.2) is 0 Å². The molecule has 0 saturated heterocycles. The van der Waals surface area contributed by atoms with E-state index in [0.29, 0.717) is 27.8 Å². The summed E-state index contributed by atoms with van der Waals surface area (Å²) >= 11 is 12.7. The zero-order chi connectivity index (χ0) is 27.6. The number of rotatable bonds is 14. The number of hydrogen-bond donors (Lipinski definition) is 1. The second-order valence-electron chi connectivity index (χ2n) is 9.00. The van der Waals surface area contributed by atoms with E-state index >= 15 is 0 Å². The molecule has 0 heterocycles. The van der Waals surface area contributed by atoms with Crippen LogP contribution < -0.4 is 9.62 Å². The fraction of sp³-hybridized carbons (Fsp3) is 0.481. The average Bonchev–Trinajstić information content (AvgIpc) is 2.85. The van der Waals surface area contributed by atoms with Crippen LogP contribution >= 0.6 is 23.2 Å². The zero-order valence-corrected chi connectivity index (χ0v) is 24.3. The Morgan fingerprint density at radius 1 is 1.00 bits per heavy atom. The summed E-state index contributed by atoms with van der Waals surface area (Å²) in [6, 6.07) is 11.7. The van der Waals surface area contributed by atoms with Crippen LogP contribution in [0.3, 0.4) is 0 Å². The molecule has 2 amide bonds. The second-order valence-corrected chi connectivity index (χ2v) is 11.7. The maximum Gasteiger partial charge on any atom is 0.242 e. The molecule has 1 unspecified atom stereocenters. The molecular formula is C27H37Cl2N3O4S. The molecule has 204 valence electrons. The third-order valence-corrected chi connectivity index (χ3v) is 8.07. The standard InChI is InChI=1S/C27H37Cl2N3O4S/c1-5-7-17-30-27(34)20(3)31(19-23-24(28)10-8-11-25(23)29)26(33)12-9-18-32(37(4,35)36)22-15-13-21(6-2)14-16-22/h8,10-11,13-16,20H,5-7,9,12,17-19H2,1-4H3,(H,30,34). The van der Waals surface area contributed by atoms with Gasteiger partial charge >= 0.3 is 0 Å². The number of nitrogens with zero attached hydrogens (tertiary/aromatic N) is 2. The molecule has 0 aliphatic carbocycles. The van der Waals surface area contributed by atoms with E-state index in [2.05, 4.69) is 5.32 Å². The SMILES string of the molecule is CCCCNC(=O)C(C)N(Cc1c(Cl)cccc1Cl)C(=O)CCCN(c1ccc(CC)cc1)S(C)(=O)=O. The molecule has 0 aliphatic rings. The Bertz CT molecular complexity index is 1140. The molecule has 37 heavy (non-hydrogen) atoms. The first-order valence-corrected chi connectivity index (χ1v) is 15.2. The van der Waals surface area contributed by atoms with Gasteiger partial charge in [0.05, 0.1) is 11.9 Å². The summed E-state index contributed by atoms with van der Waals surface area (Å²) in [7, 11) is -3.55. The molecule has 0 spiro atoms. The predicted molar refractivity (Wildman–Crippen MR) is 152 cm³/mol. The van der Waals surface area contributed by atoms with Gasteiger partial charge in [-0.1, -0.05) is 61.7 Å². The highest BCUT2D eigenvalue weighted by molar-refractivity contribution is 7.92. The van der Waals surface area contributed by atoms with Crippen molar-refractivity contribution < 1.29 is 18.0 Å². The van der Waals surface area contributed by atoms with Crippen molar-refractivity contribution in [1.29, 1.82) is 0 Å². The Labute approximate surface area is 231 Å². The first kappa shape index (κ1) is 30.9. The third kappa shape index (κ3) is 9.20. The first-order chi connectivity index (χ1) is 17.5. The van der Waals surface area contributed by atoms with Gasteiger partial charge in [-0.25, -0.2) is 8.42 Å². The van der Waals surface area contributed by atoms with Crippen LogP contribution in [0.1, 0.15) is 57.6 Å². The number of benzene rings is 2. The summed E-state index contributed by atoms with van der Waals surface area (Å²) in [5.41, 5.74) is 2.21. The van der Waals surface area contributed by atoms with Crippen LogP contribution in [-0.2, 0) is 32.6 Å². The zero-order valence-electron chi connectivity index (χ0n) is 22.0. The average molecular weight is 571 g/mol. The van der Waals surface area contributed by atoms with Crippen LogP contribution in [-0.4, -0.2) is 50.5 Å². The minimum atomic E-state index is -3.55. The molecule has 2 rings (SSSR count). The van der Waals surface area contributed by atoms with E-state index in [1.807, 2.05) is 26.0 Å². The van der Waals surface area contributed by atoms with E-state index in [9.17, 15) is 18.0 Å². The number of aryl methyl sites for hydroxylation is 1. The Balaban J connectivity index is 2.19. The highest BCUT2D eigenvalue weighted by atomic mass is 35.5. The lowest BCUT2D eigenvalue weighted by atomic mass is 10.1. The fourth-order valence-electron chi connectivity index (χ4n) is 3.87. The molecule has 10 heteroatoms. The molecule has 2 aromatic rings. The Hall–Kier alpha value is -2.29. The molecular weight excluding hydrogens is 533 g/mol. The summed E-state index contributed by atoms with van der Waals surface area (Å²) < 4.78 is 26.3. The minimum absolute atomic E-state index is 0.0493. The van der Waals surface area contributed by atoms with Gasteiger partial charge in [0.2, 0.25) is 21.8 Å². The third-order valence-electron chi connectivity index (χ3n) is 6.17. The van der Waals surface area contributed by atoms with Crippen molar-refractivity contribution in [2.24, 2.45) is 0 Å². The van der Waals surface area contributed by atoms with Crippen LogP contribution in [0, 0.1) is 0 Å². The molecule has 0 fully saturated rings. The van der Waals surface area contributed by atoms with Gasteiger partial charge in [0.25, 0.3) is 0 Å². The highest BCUT2D eigenvalue weighted by Crippen LogP contribution is 2.27. The topological polar surface area (TPSA) is 86.8 Å². The number of anilines is 1. The number of carbonyl (C=O) groups excluding carboxylic acids is 2. The monoisotopic (exact) mass is 569 g/mol. The minimum Gasteiger partial charge on any atom is -0.354 e. The molecule has 7 nitrogen and oxygen atoms in total. The number of sulfonamides is 1. The van der Waals surface area contributed by atoms with E-state index in [4.69, 9.17) is 23.2 Å². The number of carbonyl (C=O) groups is 2. The molecule has 0 aromatic heterocycles. The maximum atomic E-state index is 13.4. The summed E-state index contributed by atoms with van der Waals surface area (Å²) in [4.78, 5) is 27.7. The number of halogens is 2. The number of amides is 2. The van der Waals surface area contributed by atoms with Crippen LogP contribution in [0.4, 0.5) is 5.69 Å².